The summed E-state index contributed by atoms with van der Waals surface area (Å²) in [7, 11) is 0. The summed E-state index contributed by atoms with van der Waals surface area (Å²) in [6.45, 7) is 5.97. The van der Waals surface area contributed by atoms with Crippen LogP contribution < -0.4 is 0 Å². The molecule has 0 radical (unpaired) electrons. The van der Waals surface area contributed by atoms with Crippen molar-refractivity contribution in [2.24, 2.45) is 5.92 Å². The first-order valence-corrected chi connectivity index (χ1v) is 6.97. The van der Waals surface area contributed by atoms with Gasteiger partial charge in [0.25, 0.3) is 0 Å². The topological polar surface area (TPSA) is 52.6 Å². The molecule has 0 heterocycles. The summed E-state index contributed by atoms with van der Waals surface area (Å²) in [5.74, 6) is -1.99. The van der Waals surface area contributed by atoms with Crippen molar-refractivity contribution in [2.45, 2.75) is 51.8 Å². The minimum Gasteiger partial charge on any atom is -0.465 e. The van der Waals surface area contributed by atoms with E-state index >= 15 is 0 Å². The number of ether oxygens (including phenoxy) is 2. The van der Waals surface area contributed by atoms with E-state index in [0.29, 0.717) is 0 Å². The van der Waals surface area contributed by atoms with Gasteiger partial charge in [-0.25, -0.2) is 0 Å². The fraction of sp³-hybridized carbons (Fsp3) is 0.846. The van der Waals surface area contributed by atoms with Crippen molar-refractivity contribution in [3.05, 3.63) is 0 Å². The molecule has 0 aliphatic carbocycles. The third-order valence-electron chi connectivity index (χ3n) is 2.50. The predicted octanol–water partition coefficient (Wildman–Crippen LogP) is 2.92. The first-order chi connectivity index (χ1) is 8.56. The maximum absolute atomic E-state index is 11.7. The zero-order chi connectivity index (χ0) is 14.0. The Kier molecular flexibility index (Phi) is 9.74. The highest BCUT2D eigenvalue weighted by atomic mass is 35.5. The maximum atomic E-state index is 11.7. The van der Waals surface area contributed by atoms with Crippen molar-refractivity contribution in [3.8, 4) is 0 Å². The summed E-state index contributed by atoms with van der Waals surface area (Å²) in [4.78, 5) is 23.4. The van der Waals surface area contributed by atoms with Crippen LogP contribution in [-0.4, -0.2) is 30.5 Å². The molecular weight excluding hydrogens is 256 g/mol. The molecule has 1 unspecified atom stereocenters. The van der Waals surface area contributed by atoms with Gasteiger partial charge in [0.15, 0.2) is 5.92 Å². The molecule has 1 atom stereocenters. The van der Waals surface area contributed by atoms with Crippen LogP contribution >= 0.6 is 11.6 Å². The monoisotopic (exact) mass is 278 g/mol. The predicted molar refractivity (Wildman–Crippen MR) is 70.5 cm³/mol. The van der Waals surface area contributed by atoms with E-state index in [0.717, 1.165) is 19.3 Å². The van der Waals surface area contributed by atoms with Crippen molar-refractivity contribution in [3.63, 3.8) is 0 Å². The average molecular weight is 279 g/mol. The Morgan fingerprint density at radius 3 is 1.94 bits per heavy atom. The third-order valence-corrected chi connectivity index (χ3v) is 2.90. The Balaban J connectivity index is 4.45. The fourth-order valence-corrected chi connectivity index (χ4v) is 1.91. The van der Waals surface area contributed by atoms with Gasteiger partial charge < -0.3 is 9.47 Å². The number of alkyl halides is 1. The molecule has 0 aliphatic rings. The van der Waals surface area contributed by atoms with Crippen LogP contribution in [0.25, 0.3) is 0 Å². The number of hydrogen-bond acceptors (Lipinski definition) is 4. The molecule has 0 amide bonds. The number of rotatable bonds is 9. The summed E-state index contributed by atoms with van der Waals surface area (Å²) in [6, 6.07) is 0. The Bertz CT molecular complexity index is 237. The lowest BCUT2D eigenvalue weighted by Gasteiger charge is -2.17. The molecule has 0 aromatic rings. The summed E-state index contributed by atoms with van der Waals surface area (Å²) in [5.41, 5.74) is 0. The Morgan fingerprint density at radius 2 is 1.56 bits per heavy atom. The number of unbranched alkanes of at least 4 members (excludes halogenated alkanes) is 1. The summed E-state index contributed by atoms with van der Waals surface area (Å²) >= 11 is 6.13. The van der Waals surface area contributed by atoms with E-state index in [-0.39, 0.29) is 25.0 Å². The van der Waals surface area contributed by atoms with Gasteiger partial charge in [-0.2, -0.15) is 0 Å². The van der Waals surface area contributed by atoms with Crippen LogP contribution in [0.15, 0.2) is 0 Å². The highest BCUT2D eigenvalue weighted by molar-refractivity contribution is 6.20. The minimum atomic E-state index is -0.899. The molecule has 0 aromatic heterocycles. The van der Waals surface area contributed by atoms with Gasteiger partial charge in [-0.3, -0.25) is 9.59 Å². The van der Waals surface area contributed by atoms with Gasteiger partial charge in [0.05, 0.1) is 13.2 Å². The van der Waals surface area contributed by atoms with E-state index in [1.807, 2.05) is 0 Å². The van der Waals surface area contributed by atoms with Crippen LogP contribution in [-0.2, 0) is 19.1 Å². The van der Waals surface area contributed by atoms with E-state index in [1.54, 1.807) is 13.8 Å². The molecule has 0 saturated carbocycles. The van der Waals surface area contributed by atoms with Gasteiger partial charge in [0.2, 0.25) is 0 Å². The van der Waals surface area contributed by atoms with Crippen LogP contribution in [0.2, 0.25) is 0 Å². The summed E-state index contributed by atoms with van der Waals surface area (Å²) in [6.07, 6.45) is 3.08. The maximum Gasteiger partial charge on any atom is 0.320 e. The molecule has 0 spiro atoms. The van der Waals surface area contributed by atoms with Crippen molar-refractivity contribution >= 4 is 23.5 Å². The molecule has 4 nitrogen and oxygen atoms in total. The van der Waals surface area contributed by atoms with Gasteiger partial charge in [-0.15, -0.1) is 11.6 Å². The van der Waals surface area contributed by atoms with Crippen molar-refractivity contribution in [1.82, 2.24) is 0 Å². The minimum absolute atomic E-state index is 0.205. The first kappa shape index (κ1) is 17.2. The van der Waals surface area contributed by atoms with E-state index in [4.69, 9.17) is 21.1 Å². The molecule has 18 heavy (non-hydrogen) atoms. The second kappa shape index (κ2) is 10.2. The molecule has 106 valence electrons. The number of carbonyl (C=O) groups is 2. The molecule has 0 aromatic carbocycles. The van der Waals surface area contributed by atoms with Crippen molar-refractivity contribution in [2.75, 3.05) is 13.2 Å². The van der Waals surface area contributed by atoms with Crippen LogP contribution in [0.5, 0.6) is 0 Å². The highest BCUT2D eigenvalue weighted by Gasteiger charge is 2.31. The van der Waals surface area contributed by atoms with Gasteiger partial charge in [0.1, 0.15) is 0 Å². The van der Waals surface area contributed by atoms with Gasteiger partial charge in [-0.05, 0) is 26.7 Å². The smallest absolute Gasteiger partial charge is 0.320 e. The zero-order valence-corrected chi connectivity index (χ0v) is 12.2. The average Bonchev–Trinajstić information content (AvgIpc) is 2.33. The van der Waals surface area contributed by atoms with Crippen LogP contribution in [0, 0.1) is 5.92 Å². The first-order valence-electron chi connectivity index (χ1n) is 6.54. The summed E-state index contributed by atoms with van der Waals surface area (Å²) in [5, 5.41) is -0.205. The zero-order valence-electron chi connectivity index (χ0n) is 11.4. The lowest BCUT2D eigenvalue weighted by atomic mass is 10.0. The van der Waals surface area contributed by atoms with Crippen LogP contribution in [0.3, 0.4) is 0 Å². The molecule has 0 aliphatic heterocycles. The van der Waals surface area contributed by atoms with Crippen LogP contribution in [0.4, 0.5) is 0 Å². The number of carbonyl (C=O) groups excluding carboxylic acids is 2. The number of esters is 2. The normalized spacial score (nSPS) is 12.3. The Labute approximate surface area is 114 Å². The van der Waals surface area contributed by atoms with Crippen LogP contribution in [0.1, 0.15) is 46.5 Å². The Hall–Kier alpha value is -0.770. The lowest BCUT2D eigenvalue weighted by Crippen LogP contribution is -2.30. The molecule has 5 heteroatoms. The second-order valence-corrected chi connectivity index (χ2v) is 4.65. The largest absolute Gasteiger partial charge is 0.465 e. The van der Waals surface area contributed by atoms with E-state index < -0.39 is 17.9 Å². The summed E-state index contributed by atoms with van der Waals surface area (Å²) < 4.78 is 9.76. The van der Waals surface area contributed by atoms with Gasteiger partial charge in [-0.1, -0.05) is 19.8 Å². The molecular formula is C13H23ClO4. The van der Waals surface area contributed by atoms with Crippen molar-refractivity contribution in [1.29, 1.82) is 0 Å². The molecule has 0 saturated heterocycles. The number of halogens is 1. The molecule has 0 bridgehead atoms. The fourth-order valence-electron chi connectivity index (χ4n) is 1.57. The molecule has 0 fully saturated rings. The SMILES string of the molecule is CCCCC(Cl)CC(C(=O)OCC)C(=O)OCC. The number of hydrogen-bond donors (Lipinski definition) is 0. The van der Waals surface area contributed by atoms with Gasteiger partial charge >= 0.3 is 11.9 Å². The quantitative estimate of drug-likeness (QED) is 0.370. The third kappa shape index (κ3) is 6.84. The van der Waals surface area contributed by atoms with E-state index in [2.05, 4.69) is 6.92 Å². The Morgan fingerprint density at radius 1 is 1.06 bits per heavy atom. The lowest BCUT2D eigenvalue weighted by molar-refractivity contribution is -0.161. The molecule has 0 N–H and O–H groups in total. The molecule has 0 rings (SSSR count). The second-order valence-electron chi connectivity index (χ2n) is 4.03. The highest BCUT2D eigenvalue weighted by Crippen LogP contribution is 2.20. The van der Waals surface area contributed by atoms with Gasteiger partial charge in [0, 0.05) is 5.38 Å². The van der Waals surface area contributed by atoms with Crippen molar-refractivity contribution < 1.29 is 19.1 Å². The van der Waals surface area contributed by atoms with E-state index in [1.165, 1.54) is 0 Å². The van der Waals surface area contributed by atoms with E-state index in [9.17, 15) is 9.59 Å². The standard InChI is InChI=1S/C13H23ClO4/c1-4-7-8-10(14)9-11(12(15)17-5-2)13(16)18-6-3/h10-11H,4-9H2,1-3H3.